The maximum absolute atomic E-state index is 11.9. The number of hydrogen-bond donors (Lipinski definition) is 2. The Hall–Kier alpha value is -1.14. The van der Waals surface area contributed by atoms with E-state index < -0.39 is 0 Å². The van der Waals surface area contributed by atoms with Gasteiger partial charge in [0, 0.05) is 18.0 Å². The van der Waals surface area contributed by atoms with Crippen LogP contribution in [0.5, 0.6) is 0 Å². The first-order valence-corrected chi connectivity index (χ1v) is 8.70. The highest BCUT2D eigenvalue weighted by Crippen LogP contribution is 2.25. The third-order valence-corrected chi connectivity index (χ3v) is 4.77. The highest BCUT2D eigenvalue weighted by Gasteiger charge is 2.28. The van der Waals surface area contributed by atoms with E-state index in [-0.39, 0.29) is 18.2 Å². The molecule has 1 saturated heterocycles. The molecule has 1 aliphatic heterocycles. The molecule has 2 atom stereocenters. The van der Waals surface area contributed by atoms with Crippen LogP contribution in [0, 0.1) is 5.92 Å². The number of urea groups is 1. The number of nitrogens with zero attached hydrogens (tertiary/aromatic N) is 1. The number of nitrogens with one attached hydrogen (secondary N) is 2. The summed E-state index contributed by atoms with van der Waals surface area (Å²) in [6.07, 6.45) is 4.34. The van der Waals surface area contributed by atoms with Crippen molar-refractivity contribution in [3.63, 3.8) is 0 Å². The fourth-order valence-corrected chi connectivity index (χ4v) is 3.39. The van der Waals surface area contributed by atoms with E-state index in [9.17, 15) is 4.79 Å². The summed E-state index contributed by atoms with van der Waals surface area (Å²) in [6.45, 7) is 5.62. The van der Waals surface area contributed by atoms with Gasteiger partial charge in [-0.15, -0.1) is 11.3 Å². The van der Waals surface area contributed by atoms with Gasteiger partial charge in [-0.25, -0.2) is 9.78 Å². The minimum absolute atomic E-state index is 0.113. The van der Waals surface area contributed by atoms with E-state index in [0.29, 0.717) is 12.5 Å². The number of thiazole rings is 1. The first-order valence-electron chi connectivity index (χ1n) is 7.75. The van der Waals surface area contributed by atoms with E-state index in [1.165, 1.54) is 11.3 Å². The van der Waals surface area contributed by atoms with Crippen LogP contribution in [-0.4, -0.2) is 29.8 Å². The van der Waals surface area contributed by atoms with E-state index in [1.807, 2.05) is 5.38 Å². The topological polar surface area (TPSA) is 63.2 Å². The number of ether oxygens (including phenoxy) is 1. The molecule has 2 rings (SSSR count). The fourth-order valence-electron chi connectivity index (χ4n) is 2.83. The second-order valence-electron chi connectivity index (χ2n) is 5.51. The maximum atomic E-state index is 11.9. The van der Waals surface area contributed by atoms with Crippen LogP contribution in [0.3, 0.4) is 0 Å². The quantitative estimate of drug-likeness (QED) is 0.849. The molecule has 1 aromatic rings. The van der Waals surface area contributed by atoms with Gasteiger partial charge in [-0.05, 0) is 18.8 Å². The molecule has 1 aromatic heterocycles. The van der Waals surface area contributed by atoms with Gasteiger partial charge in [0.15, 0.2) is 0 Å². The lowest BCUT2D eigenvalue weighted by atomic mass is 9.89. The average Bonchev–Trinajstić information content (AvgIpc) is 3.00. The smallest absolute Gasteiger partial charge is 0.315 e. The Morgan fingerprint density at radius 3 is 3.00 bits per heavy atom. The second kappa shape index (κ2) is 8.34. The van der Waals surface area contributed by atoms with E-state index >= 15 is 0 Å². The number of amides is 2. The lowest BCUT2D eigenvalue weighted by Gasteiger charge is -2.34. The molecule has 118 valence electrons. The zero-order valence-electron chi connectivity index (χ0n) is 12.8. The van der Waals surface area contributed by atoms with Crippen LogP contribution in [0.2, 0.25) is 0 Å². The number of carbonyl (C=O) groups excluding carboxylic acids is 1. The summed E-state index contributed by atoms with van der Waals surface area (Å²) in [5, 5.41) is 7.86. The van der Waals surface area contributed by atoms with Gasteiger partial charge in [0.05, 0.1) is 23.9 Å². The molecule has 0 saturated carbocycles. The van der Waals surface area contributed by atoms with Crippen LogP contribution in [0.25, 0.3) is 0 Å². The monoisotopic (exact) mass is 311 g/mol. The van der Waals surface area contributed by atoms with Crippen molar-refractivity contribution in [3.8, 4) is 0 Å². The molecule has 1 fully saturated rings. The van der Waals surface area contributed by atoms with Crippen LogP contribution in [0.1, 0.15) is 45.2 Å². The van der Waals surface area contributed by atoms with Crippen LogP contribution >= 0.6 is 11.3 Å². The molecule has 2 amide bonds. The molecular formula is C15H25N3O2S. The molecule has 2 heterocycles. The minimum atomic E-state index is -0.113. The molecule has 0 aromatic carbocycles. The predicted molar refractivity (Wildman–Crippen MR) is 84.3 cm³/mol. The first-order chi connectivity index (χ1) is 10.2. The third kappa shape index (κ3) is 4.97. The number of aromatic nitrogens is 1. The molecule has 21 heavy (non-hydrogen) atoms. The van der Waals surface area contributed by atoms with E-state index in [0.717, 1.165) is 38.0 Å². The number of carbonyl (C=O) groups is 1. The largest absolute Gasteiger partial charge is 0.378 e. The highest BCUT2D eigenvalue weighted by atomic mass is 32.1. The van der Waals surface area contributed by atoms with Crippen molar-refractivity contribution in [2.24, 2.45) is 5.92 Å². The predicted octanol–water partition coefficient (Wildman–Crippen LogP) is 2.93. The van der Waals surface area contributed by atoms with Crippen LogP contribution in [0.15, 0.2) is 10.9 Å². The Morgan fingerprint density at radius 1 is 1.52 bits per heavy atom. The molecule has 2 unspecified atom stereocenters. The Balaban J connectivity index is 1.75. The van der Waals surface area contributed by atoms with Gasteiger partial charge in [-0.1, -0.05) is 26.7 Å². The zero-order valence-corrected chi connectivity index (χ0v) is 13.6. The van der Waals surface area contributed by atoms with Gasteiger partial charge < -0.3 is 15.4 Å². The van der Waals surface area contributed by atoms with E-state index in [1.54, 1.807) is 5.51 Å². The van der Waals surface area contributed by atoms with Crippen molar-refractivity contribution in [3.05, 3.63) is 16.6 Å². The zero-order chi connectivity index (χ0) is 15.1. The molecule has 1 aliphatic rings. The normalized spacial score (nSPS) is 22.2. The fraction of sp³-hybridized carbons (Fsp3) is 0.733. The van der Waals surface area contributed by atoms with Gasteiger partial charge in [-0.3, -0.25) is 0 Å². The molecule has 6 heteroatoms. The Bertz CT molecular complexity index is 421. The summed E-state index contributed by atoms with van der Waals surface area (Å²) in [7, 11) is 0. The highest BCUT2D eigenvalue weighted by molar-refractivity contribution is 7.07. The SMILES string of the molecule is CCC(CC)C1CC(NC(=O)NCc2cscn2)CCO1. The van der Waals surface area contributed by atoms with Crippen molar-refractivity contribution in [2.75, 3.05) is 6.61 Å². The second-order valence-corrected chi connectivity index (χ2v) is 6.23. The third-order valence-electron chi connectivity index (χ3n) is 4.14. The molecule has 5 nitrogen and oxygen atoms in total. The minimum Gasteiger partial charge on any atom is -0.378 e. The van der Waals surface area contributed by atoms with Crippen LogP contribution in [-0.2, 0) is 11.3 Å². The van der Waals surface area contributed by atoms with Crippen molar-refractivity contribution < 1.29 is 9.53 Å². The molecule has 0 aliphatic carbocycles. The van der Waals surface area contributed by atoms with Gasteiger partial charge in [-0.2, -0.15) is 0 Å². The van der Waals surface area contributed by atoms with Gasteiger partial charge in [0.25, 0.3) is 0 Å². The van der Waals surface area contributed by atoms with Gasteiger partial charge >= 0.3 is 6.03 Å². The van der Waals surface area contributed by atoms with Crippen LogP contribution in [0.4, 0.5) is 4.79 Å². The van der Waals surface area contributed by atoms with Crippen molar-refractivity contribution in [1.82, 2.24) is 15.6 Å². The summed E-state index contributed by atoms with van der Waals surface area (Å²) < 4.78 is 5.87. The first kappa shape index (κ1) is 16.2. The number of rotatable bonds is 6. The van der Waals surface area contributed by atoms with Gasteiger partial charge in [0.1, 0.15) is 0 Å². The van der Waals surface area contributed by atoms with E-state index in [2.05, 4.69) is 29.5 Å². The van der Waals surface area contributed by atoms with Crippen LogP contribution < -0.4 is 10.6 Å². The summed E-state index contributed by atoms with van der Waals surface area (Å²) in [4.78, 5) is 16.1. The summed E-state index contributed by atoms with van der Waals surface area (Å²) in [5.41, 5.74) is 2.67. The Kier molecular flexibility index (Phi) is 6.45. The molecule has 0 radical (unpaired) electrons. The van der Waals surface area contributed by atoms with Crippen molar-refractivity contribution in [1.29, 1.82) is 0 Å². The molecule has 2 N–H and O–H groups in total. The lowest BCUT2D eigenvalue weighted by Crippen LogP contribution is -2.47. The molecule has 0 bridgehead atoms. The molecule has 0 spiro atoms. The average molecular weight is 311 g/mol. The number of hydrogen-bond acceptors (Lipinski definition) is 4. The Morgan fingerprint density at radius 2 is 2.33 bits per heavy atom. The van der Waals surface area contributed by atoms with Crippen molar-refractivity contribution >= 4 is 17.4 Å². The lowest BCUT2D eigenvalue weighted by molar-refractivity contribution is -0.0331. The maximum Gasteiger partial charge on any atom is 0.315 e. The molecular weight excluding hydrogens is 286 g/mol. The van der Waals surface area contributed by atoms with Crippen molar-refractivity contribution in [2.45, 2.75) is 58.2 Å². The Labute approximate surface area is 130 Å². The summed E-state index contributed by atoms with van der Waals surface area (Å²) >= 11 is 1.54. The van der Waals surface area contributed by atoms with Gasteiger partial charge in [0.2, 0.25) is 0 Å². The standard InChI is InChI=1S/C15H25N3O2S/c1-3-11(4-2)14-7-12(5-6-20-14)18-15(19)16-8-13-9-21-10-17-13/h9-12,14H,3-8H2,1-2H3,(H2,16,18,19). The van der Waals surface area contributed by atoms with E-state index in [4.69, 9.17) is 4.74 Å². The summed E-state index contributed by atoms with van der Waals surface area (Å²) in [6, 6.07) is 0.0954. The summed E-state index contributed by atoms with van der Waals surface area (Å²) in [5.74, 6) is 0.590.